The molecule has 0 aromatic carbocycles. The van der Waals surface area contributed by atoms with Crippen molar-refractivity contribution in [1.29, 1.82) is 0 Å². The summed E-state index contributed by atoms with van der Waals surface area (Å²) >= 11 is 0. The number of ether oxygens (including phenoxy) is 3. The lowest BCUT2D eigenvalue weighted by molar-refractivity contribution is -0.148. The molecule has 2 N–H and O–H groups in total. The molecule has 1 saturated heterocycles. The number of hydrogen-bond donors (Lipinski definition) is 2. The lowest BCUT2D eigenvalue weighted by Gasteiger charge is -2.25. The maximum atomic E-state index is 12.6. The van der Waals surface area contributed by atoms with E-state index in [9.17, 15) is 15.0 Å². The molecule has 35 heavy (non-hydrogen) atoms. The predicted molar refractivity (Wildman–Crippen MR) is 135 cm³/mol. The highest BCUT2D eigenvalue weighted by Gasteiger charge is 2.46. The number of fused-ring (bicyclic) bond motifs is 3. The lowest BCUT2D eigenvalue weighted by atomic mass is 9.88. The number of aliphatic hydroxyl groups is 2. The van der Waals surface area contributed by atoms with Gasteiger partial charge in [0.1, 0.15) is 18.3 Å². The average Bonchev–Trinajstić information content (AvgIpc) is 3.62. The van der Waals surface area contributed by atoms with Crippen LogP contribution in [0.4, 0.5) is 0 Å². The van der Waals surface area contributed by atoms with Gasteiger partial charge in [0.25, 0.3) is 0 Å². The molecule has 0 aromatic rings. The maximum absolute atomic E-state index is 12.6. The third-order valence-electron chi connectivity index (χ3n) is 7.64. The molecule has 3 heterocycles. The van der Waals surface area contributed by atoms with Gasteiger partial charge in [0, 0.05) is 12.5 Å². The van der Waals surface area contributed by atoms with Gasteiger partial charge in [-0.05, 0) is 57.3 Å². The Kier molecular flexibility index (Phi) is 9.78. The minimum Gasteiger partial charge on any atom is -0.456 e. The van der Waals surface area contributed by atoms with Crippen LogP contribution in [0, 0.1) is 5.92 Å². The van der Waals surface area contributed by atoms with Gasteiger partial charge < -0.3 is 24.4 Å². The minimum absolute atomic E-state index is 0.0536. The van der Waals surface area contributed by atoms with Gasteiger partial charge in [-0.1, -0.05) is 61.8 Å². The molecular formula is C29H42O6. The van der Waals surface area contributed by atoms with Crippen molar-refractivity contribution in [2.75, 3.05) is 0 Å². The van der Waals surface area contributed by atoms with Crippen LogP contribution in [0.1, 0.15) is 77.0 Å². The molecule has 2 bridgehead atoms. The highest BCUT2D eigenvalue weighted by Crippen LogP contribution is 2.34. The molecule has 4 rings (SSSR count). The second kappa shape index (κ2) is 13.0. The number of carbonyl (C=O) groups excluding carboxylic acids is 1. The van der Waals surface area contributed by atoms with E-state index in [1.54, 1.807) is 12.2 Å². The van der Waals surface area contributed by atoms with E-state index >= 15 is 0 Å². The second-order valence-corrected chi connectivity index (χ2v) is 10.6. The van der Waals surface area contributed by atoms with Crippen LogP contribution in [0.2, 0.25) is 0 Å². The van der Waals surface area contributed by atoms with E-state index < -0.39 is 24.3 Å². The Bertz CT molecular complexity index is 795. The van der Waals surface area contributed by atoms with E-state index in [1.807, 2.05) is 6.08 Å². The molecule has 0 amide bonds. The smallest absolute Gasteiger partial charge is 0.330 e. The standard InChI is InChI=1S/C29H42O6/c1-20-8-5-11-22-12-6-13-23(33-22)14-7-15-28(32)34-26(19-27-29(35-27)25(31)18-20)24(30)17-16-21-9-3-2-4-10-21/h6-7,13,15-17,21-27,29-31H,1-5,8-12,14,18-19H2/b15-7+,17-16+/t22-,23+,24+,25?,26+,27+,29+/m1/s1. The maximum Gasteiger partial charge on any atom is 0.330 e. The first kappa shape index (κ1) is 26.3. The number of hydrogen-bond acceptors (Lipinski definition) is 6. The van der Waals surface area contributed by atoms with Crippen molar-refractivity contribution in [2.45, 2.75) is 120 Å². The Labute approximate surface area is 209 Å². The topological polar surface area (TPSA) is 88.5 Å². The predicted octanol–water partition coefficient (Wildman–Crippen LogP) is 4.70. The number of epoxide rings is 1. The van der Waals surface area contributed by atoms with E-state index in [0.717, 1.165) is 44.1 Å². The first-order valence-corrected chi connectivity index (χ1v) is 13.5. The molecule has 1 saturated carbocycles. The molecule has 2 fully saturated rings. The summed E-state index contributed by atoms with van der Waals surface area (Å²) in [5.74, 6) is -0.0120. The van der Waals surface area contributed by atoms with Crippen LogP contribution in [0.15, 0.2) is 48.6 Å². The number of rotatable bonds is 3. The Morgan fingerprint density at radius 1 is 1.06 bits per heavy atom. The van der Waals surface area contributed by atoms with Crippen molar-refractivity contribution < 1.29 is 29.2 Å². The zero-order chi connectivity index (χ0) is 24.6. The van der Waals surface area contributed by atoms with Gasteiger partial charge in [-0.3, -0.25) is 0 Å². The molecule has 0 spiro atoms. The monoisotopic (exact) mass is 486 g/mol. The summed E-state index contributed by atoms with van der Waals surface area (Å²) < 4.78 is 17.6. The van der Waals surface area contributed by atoms with Gasteiger partial charge in [-0.15, -0.1) is 0 Å². The van der Waals surface area contributed by atoms with Gasteiger partial charge in [0.2, 0.25) is 0 Å². The van der Waals surface area contributed by atoms with Crippen molar-refractivity contribution in [3.63, 3.8) is 0 Å². The first-order chi connectivity index (χ1) is 17.0. The number of esters is 1. The third kappa shape index (κ3) is 8.42. The van der Waals surface area contributed by atoms with Crippen molar-refractivity contribution >= 4 is 5.97 Å². The highest BCUT2D eigenvalue weighted by atomic mass is 16.6. The van der Waals surface area contributed by atoms with Crippen LogP contribution in [-0.2, 0) is 19.0 Å². The van der Waals surface area contributed by atoms with Crippen LogP contribution in [0.25, 0.3) is 0 Å². The fourth-order valence-electron chi connectivity index (χ4n) is 5.52. The molecule has 0 radical (unpaired) electrons. The Morgan fingerprint density at radius 3 is 2.71 bits per heavy atom. The molecule has 7 atom stereocenters. The number of aliphatic hydroxyl groups excluding tert-OH is 2. The van der Waals surface area contributed by atoms with Crippen molar-refractivity contribution in [3.05, 3.63) is 48.6 Å². The van der Waals surface area contributed by atoms with E-state index in [1.165, 1.54) is 25.3 Å². The largest absolute Gasteiger partial charge is 0.456 e. The quantitative estimate of drug-likeness (QED) is 0.341. The fraction of sp³-hybridized carbons (Fsp3) is 0.690. The summed E-state index contributed by atoms with van der Waals surface area (Å²) in [4.78, 5) is 12.6. The summed E-state index contributed by atoms with van der Waals surface area (Å²) in [6.07, 6.45) is 19.6. The first-order valence-electron chi connectivity index (χ1n) is 13.5. The van der Waals surface area contributed by atoms with E-state index in [-0.39, 0.29) is 24.4 Å². The fourth-order valence-corrected chi connectivity index (χ4v) is 5.52. The summed E-state index contributed by atoms with van der Waals surface area (Å²) in [6.45, 7) is 4.15. The molecule has 1 aliphatic carbocycles. The Morgan fingerprint density at radius 2 is 1.89 bits per heavy atom. The van der Waals surface area contributed by atoms with Gasteiger partial charge >= 0.3 is 5.97 Å². The van der Waals surface area contributed by atoms with Crippen LogP contribution >= 0.6 is 0 Å². The second-order valence-electron chi connectivity index (χ2n) is 10.6. The van der Waals surface area contributed by atoms with Crippen molar-refractivity contribution in [3.8, 4) is 0 Å². The zero-order valence-electron chi connectivity index (χ0n) is 20.8. The van der Waals surface area contributed by atoms with Crippen LogP contribution in [0.3, 0.4) is 0 Å². The van der Waals surface area contributed by atoms with Crippen LogP contribution in [0.5, 0.6) is 0 Å². The van der Waals surface area contributed by atoms with Gasteiger partial charge in [0.15, 0.2) is 0 Å². The molecular weight excluding hydrogens is 444 g/mol. The summed E-state index contributed by atoms with van der Waals surface area (Å²) in [6, 6.07) is 0. The van der Waals surface area contributed by atoms with Gasteiger partial charge in [-0.25, -0.2) is 4.79 Å². The normalized spacial score (nSPS) is 37.7. The van der Waals surface area contributed by atoms with Gasteiger partial charge in [0.05, 0.1) is 24.4 Å². The molecule has 194 valence electrons. The van der Waals surface area contributed by atoms with Crippen molar-refractivity contribution in [2.24, 2.45) is 5.92 Å². The molecule has 6 nitrogen and oxygen atoms in total. The van der Waals surface area contributed by atoms with Crippen LogP contribution in [-0.4, -0.2) is 58.9 Å². The van der Waals surface area contributed by atoms with E-state index in [0.29, 0.717) is 25.2 Å². The summed E-state index contributed by atoms with van der Waals surface area (Å²) in [5.41, 5.74) is 1.01. The summed E-state index contributed by atoms with van der Waals surface area (Å²) in [5, 5.41) is 21.5. The van der Waals surface area contributed by atoms with Gasteiger partial charge in [-0.2, -0.15) is 0 Å². The molecule has 0 aromatic heterocycles. The van der Waals surface area contributed by atoms with E-state index in [2.05, 4.69) is 18.7 Å². The molecule has 1 unspecified atom stereocenters. The number of carbonyl (C=O) groups is 1. The number of cyclic esters (lactones) is 1. The summed E-state index contributed by atoms with van der Waals surface area (Å²) in [7, 11) is 0. The van der Waals surface area contributed by atoms with E-state index in [4.69, 9.17) is 14.2 Å². The zero-order valence-corrected chi connectivity index (χ0v) is 20.8. The lowest BCUT2D eigenvalue weighted by Crippen LogP contribution is -2.32. The Balaban J connectivity index is 1.42. The highest BCUT2D eigenvalue weighted by molar-refractivity contribution is 5.82. The Hall–Kier alpha value is -1.73. The average molecular weight is 487 g/mol. The third-order valence-corrected chi connectivity index (χ3v) is 7.64. The minimum atomic E-state index is -0.915. The number of allylic oxidation sites excluding steroid dienone is 1. The molecule has 4 aliphatic rings. The van der Waals surface area contributed by atoms with Crippen LogP contribution < -0.4 is 0 Å². The molecule has 6 heteroatoms. The van der Waals surface area contributed by atoms with Crippen molar-refractivity contribution in [1.82, 2.24) is 0 Å². The SMILES string of the molecule is C=C1CCC[C@@H]2CC=C[C@@H](C/C=C/C(=O)O[C@H]([C@@H](O)/C=C/C3CCCCC3)C[C@@H]3O[C@H]3C(O)C1)O2. The molecule has 3 aliphatic heterocycles.